The second kappa shape index (κ2) is 6.23. The summed E-state index contributed by atoms with van der Waals surface area (Å²) in [6.07, 6.45) is 5.65. The van der Waals surface area contributed by atoms with Crippen LogP contribution in [0.3, 0.4) is 0 Å². The zero-order chi connectivity index (χ0) is 11.2. The Bertz CT molecular complexity index is 309. The molecule has 16 heavy (non-hydrogen) atoms. The number of ether oxygens (including phenoxy) is 1. The standard InChI is InChI=1S/C12H18N2OS/c13-6-5-10-3-4-12(14-8-10)16-9-11-2-1-7-15-11/h3-4,8,11H,1-2,5-7,9,13H2. The molecule has 3 nitrogen and oxygen atoms in total. The summed E-state index contributed by atoms with van der Waals surface area (Å²) >= 11 is 1.78. The minimum absolute atomic E-state index is 0.426. The van der Waals surface area contributed by atoms with Gasteiger partial charge in [-0.1, -0.05) is 6.07 Å². The molecule has 1 atom stereocenters. The first-order valence-electron chi connectivity index (χ1n) is 5.78. The van der Waals surface area contributed by atoms with Crippen molar-refractivity contribution in [3.63, 3.8) is 0 Å². The highest BCUT2D eigenvalue weighted by molar-refractivity contribution is 7.99. The van der Waals surface area contributed by atoms with E-state index in [0.29, 0.717) is 12.6 Å². The van der Waals surface area contributed by atoms with Gasteiger partial charge in [0.15, 0.2) is 0 Å². The zero-order valence-electron chi connectivity index (χ0n) is 9.39. The summed E-state index contributed by atoms with van der Waals surface area (Å²) in [5, 5.41) is 1.08. The molecule has 0 saturated carbocycles. The van der Waals surface area contributed by atoms with E-state index < -0.39 is 0 Å². The molecule has 0 aromatic carbocycles. The summed E-state index contributed by atoms with van der Waals surface area (Å²) in [4.78, 5) is 4.41. The predicted octanol–water partition coefficient (Wildman–Crippen LogP) is 1.85. The van der Waals surface area contributed by atoms with Crippen LogP contribution in [0.1, 0.15) is 18.4 Å². The molecule has 1 aliphatic heterocycles. The summed E-state index contributed by atoms with van der Waals surface area (Å²) in [5.74, 6) is 1.02. The Morgan fingerprint density at radius 3 is 3.06 bits per heavy atom. The summed E-state index contributed by atoms with van der Waals surface area (Å²) in [6, 6.07) is 4.18. The molecule has 0 spiro atoms. The molecule has 88 valence electrons. The van der Waals surface area contributed by atoms with Gasteiger partial charge in [0, 0.05) is 18.6 Å². The van der Waals surface area contributed by atoms with Crippen molar-refractivity contribution >= 4 is 11.8 Å². The Kier molecular flexibility index (Phi) is 4.63. The molecule has 0 amide bonds. The van der Waals surface area contributed by atoms with Crippen LogP contribution in [-0.2, 0) is 11.2 Å². The molecular formula is C12H18N2OS. The number of rotatable bonds is 5. The molecular weight excluding hydrogens is 220 g/mol. The number of pyridine rings is 1. The number of thioether (sulfide) groups is 1. The highest BCUT2D eigenvalue weighted by atomic mass is 32.2. The van der Waals surface area contributed by atoms with Crippen molar-refractivity contribution in [2.45, 2.75) is 30.4 Å². The second-order valence-electron chi connectivity index (χ2n) is 3.99. The molecule has 2 rings (SSSR count). The lowest BCUT2D eigenvalue weighted by Crippen LogP contribution is -2.08. The lowest BCUT2D eigenvalue weighted by Gasteiger charge is -2.08. The average molecular weight is 238 g/mol. The molecule has 4 heteroatoms. The molecule has 0 aliphatic carbocycles. The zero-order valence-corrected chi connectivity index (χ0v) is 10.2. The lowest BCUT2D eigenvalue weighted by molar-refractivity contribution is 0.129. The minimum atomic E-state index is 0.426. The lowest BCUT2D eigenvalue weighted by atomic mass is 10.2. The fourth-order valence-corrected chi connectivity index (χ4v) is 2.68. The monoisotopic (exact) mass is 238 g/mol. The van der Waals surface area contributed by atoms with E-state index in [2.05, 4.69) is 17.1 Å². The topological polar surface area (TPSA) is 48.1 Å². The first-order chi connectivity index (χ1) is 7.88. The SMILES string of the molecule is NCCc1ccc(SCC2CCCO2)nc1. The van der Waals surface area contributed by atoms with Crippen molar-refractivity contribution in [1.29, 1.82) is 0 Å². The van der Waals surface area contributed by atoms with Crippen LogP contribution in [0.15, 0.2) is 23.4 Å². The maximum Gasteiger partial charge on any atom is 0.0960 e. The first kappa shape index (κ1) is 11.9. The van der Waals surface area contributed by atoms with Gasteiger partial charge in [0.2, 0.25) is 0 Å². The first-order valence-corrected chi connectivity index (χ1v) is 6.76. The number of nitrogens with two attached hydrogens (primary N) is 1. The molecule has 1 unspecified atom stereocenters. The van der Waals surface area contributed by atoms with E-state index in [9.17, 15) is 0 Å². The summed E-state index contributed by atoms with van der Waals surface area (Å²) in [7, 11) is 0. The van der Waals surface area contributed by atoms with E-state index >= 15 is 0 Å². The second-order valence-corrected chi connectivity index (χ2v) is 5.03. The van der Waals surface area contributed by atoms with Gasteiger partial charge in [0.05, 0.1) is 11.1 Å². The van der Waals surface area contributed by atoms with Crippen LogP contribution in [0.25, 0.3) is 0 Å². The fraction of sp³-hybridized carbons (Fsp3) is 0.583. The third-order valence-electron chi connectivity index (χ3n) is 2.67. The molecule has 1 aliphatic rings. The number of aromatic nitrogens is 1. The number of nitrogens with zero attached hydrogens (tertiary/aromatic N) is 1. The van der Waals surface area contributed by atoms with Crippen molar-refractivity contribution in [1.82, 2.24) is 4.98 Å². The Balaban J connectivity index is 1.80. The third kappa shape index (κ3) is 3.47. The molecule has 2 N–H and O–H groups in total. The summed E-state index contributed by atoms with van der Waals surface area (Å²) < 4.78 is 5.57. The molecule has 0 radical (unpaired) electrons. The van der Waals surface area contributed by atoms with E-state index in [-0.39, 0.29) is 0 Å². The minimum Gasteiger partial charge on any atom is -0.377 e. The summed E-state index contributed by atoms with van der Waals surface area (Å²) in [5.41, 5.74) is 6.70. The summed E-state index contributed by atoms with van der Waals surface area (Å²) in [6.45, 7) is 1.61. The largest absolute Gasteiger partial charge is 0.377 e. The van der Waals surface area contributed by atoms with E-state index in [0.717, 1.165) is 23.8 Å². The third-order valence-corrected chi connectivity index (χ3v) is 3.75. The molecule has 1 aromatic rings. The molecule has 1 fully saturated rings. The van der Waals surface area contributed by atoms with Crippen molar-refractivity contribution < 1.29 is 4.74 Å². The Labute approximate surface area is 101 Å². The molecule has 1 saturated heterocycles. The van der Waals surface area contributed by atoms with E-state index in [4.69, 9.17) is 10.5 Å². The van der Waals surface area contributed by atoms with Crippen LogP contribution in [0, 0.1) is 0 Å². The Hall–Kier alpha value is -0.580. The van der Waals surface area contributed by atoms with Crippen LogP contribution in [0.4, 0.5) is 0 Å². The maximum absolute atomic E-state index is 5.57. The normalized spacial score (nSPS) is 20.2. The van der Waals surface area contributed by atoms with Crippen LogP contribution >= 0.6 is 11.8 Å². The van der Waals surface area contributed by atoms with Gasteiger partial charge >= 0.3 is 0 Å². The van der Waals surface area contributed by atoms with Gasteiger partial charge < -0.3 is 10.5 Å². The van der Waals surface area contributed by atoms with Crippen LogP contribution < -0.4 is 5.73 Å². The number of hydrogen-bond donors (Lipinski definition) is 1. The van der Waals surface area contributed by atoms with Crippen molar-refractivity contribution in [3.8, 4) is 0 Å². The smallest absolute Gasteiger partial charge is 0.0960 e. The van der Waals surface area contributed by atoms with Crippen LogP contribution in [0.2, 0.25) is 0 Å². The fourth-order valence-electron chi connectivity index (χ4n) is 1.76. The van der Waals surface area contributed by atoms with Gasteiger partial charge in [0.25, 0.3) is 0 Å². The van der Waals surface area contributed by atoms with Gasteiger partial charge in [-0.05, 0) is 37.4 Å². The van der Waals surface area contributed by atoms with Gasteiger partial charge in [-0.25, -0.2) is 4.98 Å². The highest BCUT2D eigenvalue weighted by Crippen LogP contribution is 2.22. The number of hydrogen-bond acceptors (Lipinski definition) is 4. The van der Waals surface area contributed by atoms with Gasteiger partial charge in [-0.15, -0.1) is 11.8 Å². The Morgan fingerprint density at radius 2 is 2.44 bits per heavy atom. The van der Waals surface area contributed by atoms with Crippen LogP contribution in [-0.4, -0.2) is 30.0 Å². The van der Waals surface area contributed by atoms with E-state index in [1.165, 1.54) is 18.4 Å². The van der Waals surface area contributed by atoms with E-state index in [1.54, 1.807) is 11.8 Å². The predicted molar refractivity (Wildman–Crippen MR) is 66.7 cm³/mol. The highest BCUT2D eigenvalue weighted by Gasteiger charge is 2.15. The van der Waals surface area contributed by atoms with Crippen molar-refractivity contribution in [2.75, 3.05) is 18.9 Å². The van der Waals surface area contributed by atoms with Crippen LogP contribution in [0.5, 0.6) is 0 Å². The van der Waals surface area contributed by atoms with Gasteiger partial charge in [-0.2, -0.15) is 0 Å². The van der Waals surface area contributed by atoms with Crippen molar-refractivity contribution in [2.24, 2.45) is 5.73 Å². The Morgan fingerprint density at radius 1 is 1.50 bits per heavy atom. The van der Waals surface area contributed by atoms with Gasteiger partial charge in [-0.3, -0.25) is 0 Å². The molecule has 0 bridgehead atoms. The van der Waals surface area contributed by atoms with E-state index in [1.807, 2.05) is 6.20 Å². The average Bonchev–Trinajstić information content (AvgIpc) is 2.82. The van der Waals surface area contributed by atoms with Gasteiger partial charge in [0.1, 0.15) is 0 Å². The quantitative estimate of drug-likeness (QED) is 0.795. The molecule has 2 heterocycles. The molecule has 1 aromatic heterocycles. The van der Waals surface area contributed by atoms with Crippen molar-refractivity contribution in [3.05, 3.63) is 23.9 Å². The maximum atomic E-state index is 5.57.